The molecule has 0 unspecified atom stereocenters. The number of hydrogen-bond acceptors (Lipinski definition) is 4. The van der Waals surface area contributed by atoms with Gasteiger partial charge in [0.25, 0.3) is 0 Å². The highest BCUT2D eigenvalue weighted by Gasteiger charge is 2.03. The van der Waals surface area contributed by atoms with Crippen LogP contribution in [0.5, 0.6) is 5.75 Å². The van der Waals surface area contributed by atoms with Gasteiger partial charge in [0.1, 0.15) is 11.4 Å². The third kappa shape index (κ3) is 4.27. The van der Waals surface area contributed by atoms with Crippen LogP contribution in [0, 0.1) is 6.92 Å². The Bertz CT molecular complexity index is 582. The summed E-state index contributed by atoms with van der Waals surface area (Å²) in [5.74, 6) is 0.861. The van der Waals surface area contributed by atoms with Gasteiger partial charge < -0.3 is 4.43 Å². The minimum atomic E-state index is -1.12. The first kappa shape index (κ1) is 14.4. The van der Waals surface area contributed by atoms with E-state index in [0.29, 0.717) is 6.42 Å². The number of benzene rings is 1. The lowest BCUT2D eigenvalue weighted by molar-refractivity contribution is 0.582. The van der Waals surface area contributed by atoms with Gasteiger partial charge in [-0.3, -0.25) is 15.0 Å². The van der Waals surface area contributed by atoms with Crippen LogP contribution in [0.15, 0.2) is 41.7 Å². The van der Waals surface area contributed by atoms with Crippen LogP contribution in [0.4, 0.5) is 5.69 Å². The molecule has 0 aliphatic rings. The number of aromatic nitrogens is 2. The smallest absolute Gasteiger partial charge is 0.229 e. The zero-order valence-electron chi connectivity index (χ0n) is 12.1. The number of rotatable bonds is 5. The second-order valence-corrected chi connectivity index (χ2v) is 7.13. The predicted molar refractivity (Wildman–Crippen MR) is 84.6 cm³/mol. The Hall–Kier alpha value is -2.01. The van der Waals surface area contributed by atoms with E-state index in [9.17, 15) is 0 Å². The normalized spacial score (nSPS) is 11.2. The van der Waals surface area contributed by atoms with E-state index in [4.69, 9.17) is 4.43 Å². The Morgan fingerprint density at radius 3 is 2.70 bits per heavy atom. The van der Waals surface area contributed by atoms with Gasteiger partial charge in [-0.25, -0.2) is 0 Å². The van der Waals surface area contributed by atoms with Gasteiger partial charge in [0, 0.05) is 25.0 Å². The fraction of sp³-hybridized carbons (Fsp3) is 0.267. The molecule has 0 radical (unpaired) electrons. The molecule has 2 aromatic rings. The Kier molecular flexibility index (Phi) is 5.01. The van der Waals surface area contributed by atoms with Crippen molar-refractivity contribution in [2.45, 2.75) is 26.4 Å². The molecule has 1 aromatic heterocycles. The first-order valence-electron chi connectivity index (χ1n) is 6.71. The Morgan fingerprint density at radius 2 is 2.00 bits per heavy atom. The molecule has 1 aromatic carbocycles. The molecule has 0 saturated carbocycles. The van der Waals surface area contributed by atoms with Crippen LogP contribution in [-0.2, 0) is 6.42 Å². The van der Waals surface area contributed by atoms with Gasteiger partial charge in [-0.15, -0.1) is 0 Å². The maximum Gasteiger partial charge on any atom is 0.229 e. The summed E-state index contributed by atoms with van der Waals surface area (Å²) in [7, 11) is -1.12. The van der Waals surface area contributed by atoms with Crippen molar-refractivity contribution in [2.75, 3.05) is 0 Å². The van der Waals surface area contributed by atoms with Gasteiger partial charge in [-0.05, 0) is 32.2 Å². The average molecular weight is 285 g/mol. The molecule has 0 aliphatic heterocycles. The SMILES string of the molecule is Cc1cnc(CC=Nc2ccccc2O[SiH](C)C)cn1. The zero-order valence-corrected chi connectivity index (χ0v) is 13.2. The van der Waals surface area contributed by atoms with Crippen LogP contribution < -0.4 is 4.43 Å². The monoisotopic (exact) mass is 285 g/mol. The summed E-state index contributed by atoms with van der Waals surface area (Å²) in [6.45, 7) is 6.21. The average Bonchev–Trinajstić information content (AvgIpc) is 2.42. The van der Waals surface area contributed by atoms with Gasteiger partial charge in [0.2, 0.25) is 9.04 Å². The van der Waals surface area contributed by atoms with E-state index in [1.54, 1.807) is 12.4 Å². The molecular formula is C15H19N3OSi. The molecule has 0 aliphatic carbocycles. The molecule has 0 bridgehead atoms. The molecular weight excluding hydrogens is 266 g/mol. The molecule has 104 valence electrons. The van der Waals surface area contributed by atoms with E-state index in [-0.39, 0.29) is 0 Å². The summed E-state index contributed by atoms with van der Waals surface area (Å²) in [6, 6.07) is 7.86. The van der Waals surface area contributed by atoms with E-state index < -0.39 is 9.04 Å². The van der Waals surface area contributed by atoms with E-state index in [0.717, 1.165) is 22.8 Å². The van der Waals surface area contributed by atoms with Crippen LogP contribution >= 0.6 is 0 Å². The standard InChI is InChI=1S/C15H19N3OSi/c1-12-10-18-13(11-17-12)8-9-16-14-6-4-5-7-15(14)19-20(2)3/h4-7,9-11,20H,8H2,1-3H3. The van der Waals surface area contributed by atoms with E-state index in [1.807, 2.05) is 37.4 Å². The maximum atomic E-state index is 5.86. The molecule has 0 N–H and O–H groups in total. The van der Waals surface area contributed by atoms with Crippen LogP contribution in [0.1, 0.15) is 11.4 Å². The van der Waals surface area contributed by atoms with Crippen LogP contribution in [0.3, 0.4) is 0 Å². The molecule has 0 amide bonds. The maximum absolute atomic E-state index is 5.86. The quantitative estimate of drug-likeness (QED) is 0.626. The van der Waals surface area contributed by atoms with Gasteiger partial charge in [-0.1, -0.05) is 12.1 Å². The highest BCUT2D eigenvalue weighted by molar-refractivity contribution is 6.49. The van der Waals surface area contributed by atoms with Crippen LogP contribution in [0.25, 0.3) is 0 Å². The van der Waals surface area contributed by atoms with E-state index in [2.05, 4.69) is 28.1 Å². The Morgan fingerprint density at radius 1 is 1.20 bits per heavy atom. The lowest BCUT2D eigenvalue weighted by Crippen LogP contribution is -2.11. The molecule has 20 heavy (non-hydrogen) atoms. The first-order chi connectivity index (χ1) is 9.65. The van der Waals surface area contributed by atoms with Crippen molar-refractivity contribution < 1.29 is 4.43 Å². The summed E-state index contributed by atoms with van der Waals surface area (Å²) in [6.07, 6.45) is 6.07. The fourth-order valence-corrected chi connectivity index (χ4v) is 2.39. The second kappa shape index (κ2) is 6.95. The zero-order chi connectivity index (χ0) is 14.4. The molecule has 0 atom stereocenters. The number of aryl methyl sites for hydroxylation is 1. The molecule has 0 fully saturated rings. The second-order valence-electron chi connectivity index (χ2n) is 4.80. The summed E-state index contributed by atoms with van der Waals surface area (Å²) in [4.78, 5) is 13.0. The van der Waals surface area contributed by atoms with Gasteiger partial charge in [0.05, 0.1) is 11.4 Å². The number of para-hydroxylation sites is 2. The molecule has 5 heteroatoms. The number of aliphatic imine (C=N–C) groups is 1. The first-order valence-corrected chi connectivity index (χ1v) is 9.49. The topological polar surface area (TPSA) is 47.4 Å². The fourth-order valence-electron chi connectivity index (χ4n) is 1.68. The number of hydrogen-bond donors (Lipinski definition) is 0. The van der Waals surface area contributed by atoms with Crippen molar-refractivity contribution in [3.8, 4) is 5.75 Å². The highest BCUT2D eigenvalue weighted by Crippen LogP contribution is 2.26. The molecule has 0 spiro atoms. The van der Waals surface area contributed by atoms with Crippen molar-refractivity contribution in [1.29, 1.82) is 0 Å². The van der Waals surface area contributed by atoms with Crippen molar-refractivity contribution in [3.63, 3.8) is 0 Å². The minimum Gasteiger partial charge on any atom is -0.546 e. The van der Waals surface area contributed by atoms with Crippen molar-refractivity contribution in [2.24, 2.45) is 4.99 Å². The molecule has 0 saturated heterocycles. The third-order valence-electron chi connectivity index (χ3n) is 2.59. The summed E-state index contributed by atoms with van der Waals surface area (Å²) < 4.78 is 5.86. The van der Waals surface area contributed by atoms with E-state index >= 15 is 0 Å². The van der Waals surface area contributed by atoms with Gasteiger partial charge in [-0.2, -0.15) is 0 Å². The summed E-state index contributed by atoms with van der Waals surface area (Å²) in [5.41, 5.74) is 2.70. The third-order valence-corrected chi connectivity index (χ3v) is 3.32. The summed E-state index contributed by atoms with van der Waals surface area (Å²) in [5, 5.41) is 0. The molecule has 4 nitrogen and oxygen atoms in total. The molecule has 1 heterocycles. The van der Waals surface area contributed by atoms with Crippen LogP contribution in [0.2, 0.25) is 13.1 Å². The van der Waals surface area contributed by atoms with Crippen molar-refractivity contribution in [1.82, 2.24) is 9.97 Å². The number of nitrogens with zero attached hydrogens (tertiary/aromatic N) is 3. The van der Waals surface area contributed by atoms with E-state index in [1.165, 1.54) is 0 Å². The van der Waals surface area contributed by atoms with Crippen molar-refractivity contribution in [3.05, 3.63) is 48.0 Å². The largest absolute Gasteiger partial charge is 0.546 e. The molecule has 2 rings (SSSR count). The predicted octanol–water partition coefficient (Wildman–Crippen LogP) is 3.09. The lowest BCUT2D eigenvalue weighted by atomic mass is 10.3. The van der Waals surface area contributed by atoms with Crippen LogP contribution in [-0.4, -0.2) is 25.2 Å². The minimum absolute atomic E-state index is 0.667. The Balaban J connectivity index is 2.05. The van der Waals surface area contributed by atoms with Gasteiger partial charge in [0.15, 0.2) is 0 Å². The lowest BCUT2D eigenvalue weighted by Gasteiger charge is -2.11. The van der Waals surface area contributed by atoms with Crippen molar-refractivity contribution >= 4 is 20.9 Å². The van der Waals surface area contributed by atoms with Gasteiger partial charge >= 0.3 is 0 Å². The summed E-state index contributed by atoms with van der Waals surface area (Å²) >= 11 is 0. The highest BCUT2D eigenvalue weighted by atomic mass is 28.3. The Labute approximate surface area is 121 Å².